The first-order chi connectivity index (χ1) is 8.56. The molecule has 2 rings (SSSR count). The Morgan fingerprint density at radius 1 is 1.56 bits per heavy atom. The fourth-order valence-corrected chi connectivity index (χ4v) is 2.51. The Morgan fingerprint density at radius 3 is 2.89 bits per heavy atom. The number of carbonyl (C=O) groups is 1. The maximum absolute atomic E-state index is 11.0. The second kappa shape index (κ2) is 5.51. The summed E-state index contributed by atoms with van der Waals surface area (Å²) in [5.41, 5.74) is 0.932. The van der Waals surface area contributed by atoms with Crippen LogP contribution in [0.25, 0.3) is 0 Å². The fourth-order valence-electron chi connectivity index (χ4n) is 1.82. The highest BCUT2D eigenvalue weighted by molar-refractivity contribution is 14.1. The minimum Gasteiger partial charge on any atom is -0.382 e. The van der Waals surface area contributed by atoms with Crippen molar-refractivity contribution < 1.29 is 9.72 Å². The summed E-state index contributed by atoms with van der Waals surface area (Å²) in [6.45, 7) is 0.638. The standard InChI is InChI=1S/C11H12IN3O3/c12-9-5-8(15(17)18)2-3-10(9)13-6-7-1-4-11(16)14-7/h2-3,5,7,13H,1,4,6H2,(H,14,16). The van der Waals surface area contributed by atoms with E-state index in [1.54, 1.807) is 6.07 Å². The highest BCUT2D eigenvalue weighted by Gasteiger charge is 2.20. The van der Waals surface area contributed by atoms with Crippen molar-refractivity contribution in [3.63, 3.8) is 0 Å². The molecule has 0 aromatic heterocycles. The lowest BCUT2D eigenvalue weighted by Crippen LogP contribution is -2.31. The van der Waals surface area contributed by atoms with E-state index in [-0.39, 0.29) is 17.6 Å². The van der Waals surface area contributed by atoms with Crippen LogP contribution in [0.15, 0.2) is 18.2 Å². The van der Waals surface area contributed by atoms with E-state index in [1.807, 2.05) is 0 Å². The summed E-state index contributed by atoms with van der Waals surface area (Å²) in [4.78, 5) is 21.2. The van der Waals surface area contributed by atoms with Crippen LogP contribution in [-0.2, 0) is 4.79 Å². The zero-order valence-corrected chi connectivity index (χ0v) is 11.6. The predicted molar refractivity (Wildman–Crippen MR) is 75.5 cm³/mol. The Balaban J connectivity index is 1.97. The summed E-state index contributed by atoms with van der Waals surface area (Å²) in [5.74, 6) is 0.0835. The number of non-ortho nitro benzene ring substituents is 1. The van der Waals surface area contributed by atoms with Gasteiger partial charge in [-0.25, -0.2) is 0 Å². The molecule has 1 unspecified atom stereocenters. The predicted octanol–water partition coefficient (Wildman–Crippen LogP) is 1.89. The molecule has 1 aromatic carbocycles. The number of rotatable bonds is 4. The van der Waals surface area contributed by atoms with E-state index in [0.29, 0.717) is 13.0 Å². The second-order valence-electron chi connectivity index (χ2n) is 4.11. The molecular formula is C11H12IN3O3. The molecule has 1 saturated heterocycles. The number of benzene rings is 1. The van der Waals surface area contributed by atoms with Gasteiger partial charge in [-0.3, -0.25) is 14.9 Å². The molecule has 1 fully saturated rings. The van der Waals surface area contributed by atoms with Gasteiger partial charge >= 0.3 is 0 Å². The third-order valence-electron chi connectivity index (χ3n) is 2.79. The number of nitro benzene ring substituents is 1. The molecule has 1 aromatic rings. The first-order valence-corrected chi connectivity index (χ1v) is 6.61. The number of carbonyl (C=O) groups excluding carboxylic acids is 1. The van der Waals surface area contributed by atoms with E-state index in [9.17, 15) is 14.9 Å². The van der Waals surface area contributed by atoms with Gasteiger partial charge in [-0.1, -0.05) is 0 Å². The number of nitro groups is 1. The van der Waals surface area contributed by atoms with Gasteiger partial charge in [-0.2, -0.15) is 0 Å². The minimum absolute atomic E-state index is 0.0825. The Labute approximate surface area is 117 Å². The summed E-state index contributed by atoms with van der Waals surface area (Å²) in [7, 11) is 0. The molecular weight excluding hydrogens is 349 g/mol. The molecule has 0 bridgehead atoms. The Hall–Kier alpha value is -1.38. The van der Waals surface area contributed by atoms with Crippen LogP contribution in [0.3, 0.4) is 0 Å². The third kappa shape index (κ3) is 3.09. The number of halogens is 1. The van der Waals surface area contributed by atoms with Crippen LogP contribution >= 0.6 is 22.6 Å². The summed E-state index contributed by atoms with van der Waals surface area (Å²) >= 11 is 2.06. The fraction of sp³-hybridized carbons (Fsp3) is 0.364. The highest BCUT2D eigenvalue weighted by atomic mass is 127. The molecule has 1 heterocycles. The van der Waals surface area contributed by atoms with Gasteiger partial charge in [0.25, 0.3) is 5.69 Å². The van der Waals surface area contributed by atoms with Crippen molar-refractivity contribution in [1.29, 1.82) is 0 Å². The third-order valence-corrected chi connectivity index (χ3v) is 3.68. The number of anilines is 1. The zero-order chi connectivity index (χ0) is 13.1. The van der Waals surface area contributed by atoms with E-state index in [2.05, 4.69) is 33.2 Å². The van der Waals surface area contributed by atoms with Crippen LogP contribution in [0, 0.1) is 13.7 Å². The molecule has 2 N–H and O–H groups in total. The van der Waals surface area contributed by atoms with Crippen molar-refractivity contribution in [3.05, 3.63) is 31.9 Å². The average molecular weight is 361 g/mol. The molecule has 0 saturated carbocycles. The van der Waals surface area contributed by atoms with Crippen molar-refractivity contribution in [2.24, 2.45) is 0 Å². The van der Waals surface area contributed by atoms with Crippen molar-refractivity contribution >= 4 is 39.9 Å². The summed E-state index contributed by atoms with van der Waals surface area (Å²) < 4.78 is 0.797. The van der Waals surface area contributed by atoms with Gasteiger partial charge in [0.15, 0.2) is 0 Å². The summed E-state index contributed by atoms with van der Waals surface area (Å²) in [6, 6.07) is 4.83. The Morgan fingerprint density at radius 2 is 2.33 bits per heavy atom. The molecule has 0 aliphatic carbocycles. The van der Waals surface area contributed by atoms with Gasteiger partial charge in [0.2, 0.25) is 5.91 Å². The van der Waals surface area contributed by atoms with Crippen LogP contribution in [0.4, 0.5) is 11.4 Å². The van der Waals surface area contributed by atoms with Gasteiger partial charge in [-0.05, 0) is 35.1 Å². The van der Waals surface area contributed by atoms with Crippen molar-refractivity contribution in [2.75, 3.05) is 11.9 Å². The average Bonchev–Trinajstić information content (AvgIpc) is 2.73. The van der Waals surface area contributed by atoms with Crippen LogP contribution in [0.5, 0.6) is 0 Å². The number of amides is 1. The van der Waals surface area contributed by atoms with Gasteiger partial charge in [-0.15, -0.1) is 0 Å². The molecule has 18 heavy (non-hydrogen) atoms. The van der Waals surface area contributed by atoms with Gasteiger partial charge in [0.1, 0.15) is 0 Å². The van der Waals surface area contributed by atoms with Crippen LogP contribution in [0.1, 0.15) is 12.8 Å². The van der Waals surface area contributed by atoms with Crippen LogP contribution in [0.2, 0.25) is 0 Å². The monoisotopic (exact) mass is 361 g/mol. The highest BCUT2D eigenvalue weighted by Crippen LogP contribution is 2.23. The maximum Gasteiger partial charge on any atom is 0.270 e. The molecule has 1 aliphatic rings. The van der Waals surface area contributed by atoms with E-state index < -0.39 is 4.92 Å². The van der Waals surface area contributed by atoms with Crippen molar-refractivity contribution in [3.8, 4) is 0 Å². The lowest BCUT2D eigenvalue weighted by atomic mass is 10.2. The molecule has 1 atom stereocenters. The second-order valence-corrected chi connectivity index (χ2v) is 5.27. The molecule has 7 heteroatoms. The number of hydrogen-bond donors (Lipinski definition) is 2. The molecule has 0 spiro atoms. The Kier molecular flexibility index (Phi) is 4.00. The number of hydrogen-bond acceptors (Lipinski definition) is 4. The lowest BCUT2D eigenvalue weighted by Gasteiger charge is -2.13. The van der Waals surface area contributed by atoms with Crippen molar-refractivity contribution in [1.82, 2.24) is 5.32 Å². The maximum atomic E-state index is 11.0. The Bertz CT molecular complexity index is 492. The minimum atomic E-state index is -0.414. The molecule has 0 radical (unpaired) electrons. The summed E-state index contributed by atoms with van der Waals surface area (Å²) in [6.07, 6.45) is 1.40. The van der Waals surface area contributed by atoms with E-state index in [1.165, 1.54) is 12.1 Å². The van der Waals surface area contributed by atoms with Gasteiger partial charge in [0.05, 0.1) is 4.92 Å². The quantitative estimate of drug-likeness (QED) is 0.487. The molecule has 96 valence electrons. The molecule has 6 nitrogen and oxygen atoms in total. The normalized spacial score (nSPS) is 18.5. The van der Waals surface area contributed by atoms with Crippen LogP contribution < -0.4 is 10.6 Å². The zero-order valence-electron chi connectivity index (χ0n) is 9.48. The number of nitrogens with one attached hydrogen (secondary N) is 2. The topological polar surface area (TPSA) is 84.3 Å². The van der Waals surface area contributed by atoms with E-state index in [0.717, 1.165) is 15.7 Å². The lowest BCUT2D eigenvalue weighted by molar-refractivity contribution is -0.384. The number of nitrogens with zero attached hydrogens (tertiary/aromatic N) is 1. The summed E-state index contributed by atoms with van der Waals surface area (Å²) in [5, 5.41) is 16.7. The van der Waals surface area contributed by atoms with Gasteiger partial charge in [0, 0.05) is 40.4 Å². The van der Waals surface area contributed by atoms with E-state index >= 15 is 0 Å². The van der Waals surface area contributed by atoms with Crippen LogP contribution in [-0.4, -0.2) is 23.4 Å². The molecule has 1 aliphatic heterocycles. The first kappa shape index (κ1) is 13.1. The largest absolute Gasteiger partial charge is 0.382 e. The SMILES string of the molecule is O=C1CCC(CNc2ccc([N+](=O)[O-])cc2I)N1. The molecule has 1 amide bonds. The van der Waals surface area contributed by atoms with Crippen molar-refractivity contribution in [2.45, 2.75) is 18.9 Å². The first-order valence-electron chi connectivity index (χ1n) is 5.53. The smallest absolute Gasteiger partial charge is 0.270 e. The van der Waals surface area contributed by atoms with Gasteiger partial charge < -0.3 is 10.6 Å². The van der Waals surface area contributed by atoms with E-state index in [4.69, 9.17) is 0 Å².